The quantitative estimate of drug-likeness (QED) is 0.0719. The molecule has 2 atom stereocenters. The van der Waals surface area contributed by atoms with Crippen LogP contribution in [0.4, 0.5) is 4.79 Å². The summed E-state index contributed by atoms with van der Waals surface area (Å²) in [4.78, 5) is 28.9. The van der Waals surface area contributed by atoms with E-state index in [-0.39, 0.29) is 41.8 Å². The Balaban J connectivity index is 1.05. The van der Waals surface area contributed by atoms with Gasteiger partial charge in [-0.25, -0.2) is 17.9 Å². The highest BCUT2D eigenvalue weighted by Crippen LogP contribution is 2.37. The van der Waals surface area contributed by atoms with Crippen LogP contribution in [0.25, 0.3) is 0 Å². The summed E-state index contributed by atoms with van der Waals surface area (Å²) in [5, 5.41) is 6.99. The van der Waals surface area contributed by atoms with Crippen molar-refractivity contribution in [2.45, 2.75) is 68.8 Å². The standard InChI is InChI=1S/C45H54Cl2N4O8S/c1-31-24-41(46)43(42(47)25-31)59-23-22-58-36-15-11-34(12-16-36)39-17-19-48-29-40(39)44(52)51(35-13-14-35)30-33-26-32(8-6-20-56-2)27-37(28-33)57-21-7-18-49-45(53)50-60(54,55)38-9-4-3-5-10-38/h3-5,9-12,15-16,24-28,35,39-40,48H,6-8,13-14,17-23,29-30H2,1-2H3,(H2,49,50,53)/t39-,40+/m1/s1. The fourth-order valence-corrected chi connectivity index (χ4v) is 9.04. The van der Waals surface area contributed by atoms with Crippen molar-refractivity contribution in [3.8, 4) is 17.2 Å². The van der Waals surface area contributed by atoms with E-state index in [0.717, 1.165) is 60.9 Å². The normalized spacial score (nSPS) is 16.5. The Bertz CT molecular complexity index is 2130. The van der Waals surface area contributed by atoms with Gasteiger partial charge in [-0.1, -0.05) is 59.6 Å². The number of hydrogen-bond acceptors (Lipinski definition) is 9. The van der Waals surface area contributed by atoms with Crippen LogP contribution >= 0.6 is 23.2 Å². The minimum atomic E-state index is -3.97. The van der Waals surface area contributed by atoms with Gasteiger partial charge < -0.3 is 34.5 Å². The second-order valence-electron chi connectivity index (χ2n) is 15.2. The van der Waals surface area contributed by atoms with Crippen LogP contribution in [0.2, 0.25) is 10.0 Å². The number of aryl methyl sites for hydroxylation is 2. The van der Waals surface area contributed by atoms with E-state index in [2.05, 4.69) is 33.7 Å². The fraction of sp³-hybridized carbons (Fsp3) is 0.422. The molecule has 0 spiro atoms. The first-order chi connectivity index (χ1) is 29.0. The molecule has 0 bridgehead atoms. The molecular formula is C45H54Cl2N4O8S. The number of piperidine rings is 1. The lowest BCUT2D eigenvalue weighted by molar-refractivity contribution is -0.138. The van der Waals surface area contributed by atoms with E-state index in [1.54, 1.807) is 25.3 Å². The van der Waals surface area contributed by atoms with Gasteiger partial charge in [0.15, 0.2) is 5.75 Å². The summed E-state index contributed by atoms with van der Waals surface area (Å²) in [6.07, 6.45) is 4.85. The SMILES string of the molecule is COCCCc1cc(CN(C(=O)[C@H]2CNCC[C@@H]2c2ccc(OCCOc3c(Cl)cc(C)cc3Cl)cc2)C2CC2)cc(OCCCNC(=O)NS(=O)(=O)c2ccccc2)c1. The molecular weight excluding hydrogens is 827 g/mol. The van der Waals surface area contributed by atoms with Gasteiger partial charge in [-0.15, -0.1) is 0 Å². The average Bonchev–Trinajstić information content (AvgIpc) is 4.08. The molecule has 6 rings (SSSR count). The summed E-state index contributed by atoms with van der Waals surface area (Å²) in [7, 11) is -2.29. The summed E-state index contributed by atoms with van der Waals surface area (Å²) in [5.74, 6) is 1.80. The smallest absolute Gasteiger partial charge is 0.328 e. The number of benzene rings is 4. The molecule has 2 fully saturated rings. The molecule has 60 heavy (non-hydrogen) atoms. The monoisotopic (exact) mass is 880 g/mol. The molecule has 0 aromatic heterocycles. The van der Waals surface area contributed by atoms with Gasteiger partial charge in [-0.05, 0) is 129 Å². The van der Waals surface area contributed by atoms with Crippen LogP contribution < -0.4 is 29.6 Å². The Morgan fingerprint density at radius 1 is 0.817 bits per heavy atom. The molecule has 3 amide bonds. The third-order valence-electron chi connectivity index (χ3n) is 10.5. The van der Waals surface area contributed by atoms with Crippen LogP contribution in [-0.2, 0) is 32.5 Å². The van der Waals surface area contributed by atoms with Gasteiger partial charge in [0.05, 0.1) is 27.5 Å². The van der Waals surface area contributed by atoms with E-state index in [4.69, 9.17) is 42.1 Å². The van der Waals surface area contributed by atoms with Crippen LogP contribution in [0.15, 0.2) is 89.8 Å². The number of sulfonamides is 1. The summed E-state index contributed by atoms with van der Waals surface area (Å²) in [6.45, 7) is 5.53. The van der Waals surface area contributed by atoms with Crippen LogP contribution in [-0.4, -0.2) is 84.5 Å². The maximum atomic E-state index is 14.5. The number of urea groups is 1. The van der Waals surface area contributed by atoms with E-state index in [1.165, 1.54) is 12.1 Å². The summed E-state index contributed by atoms with van der Waals surface area (Å²) in [6, 6.07) is 24.9. The first-order valence-corrected chi connectivity index (χ1v) is 22.7. The zero-order valence-corrected chi connectivity index (χ0v) is 36.4. The van der Waals surface area contributed by atoms with Gasteiger partial charge in [0, 0.05) is 39.4 Å². The van der Waals surface area contributed by atoms with Gasteiger partial charge >= 0.3 is 6.03 Å². The Morgan fingerprint density at radius 2 is 1.52 bits per heavy atom. The molecule has 0 radical (unpaired) electrons. The van der Waals surface area contributed by atoms with Crippen molar-refractivity contribution in [2.75, 3.05) is 53.2 Å². The van der Waals surface area contributed by atoms with E-state index >= 15 is 0 Å². The highest BCUT2D eigenvalue weighted by molar-refractivity contribution is 7.90. The number of hydrogen-bond donors (Lipinski definition) is 3. The van der Waals surface area contributed by atoms with Crippen LogP contribution in [0.3, 0.4) is 0 Å². The number of methoxy groups -OCH3 is 1. The minimum Gasteiger partial charge on any atom is -0.494 e. The number of carbonyl (C=O) groups excluding carboxylic acids is 2. The van der Waals surface area contributed by atoms with Crippen LogP contribution in [0.1, 0.15) is 60.3 Å². The lowest BCUT2D eigenvalue weighted by Gasteiger charge is -2.36. The molecule has 3 N–H and O–H groups in total. The van der Waals surface area contributed by atoms with Gasteiger partial charge in [0.1, 0.15) is 24.7 Å². The maximum absolute atomic E-state index is 14.5. The molecule has 1 saturated carbocycles. The van der Waals surface area contributed by atoms with E-state index in [9.17, 15) is 18.0 Å². The molecule has 12 nitrogen and oxygen atoms in total. The molecule has 1 saturated heterocycles. The summed E-state index contributed by atoms with van der Waals surface area (Å²) >= 11 is 12.6. The Labute approximate surface area is 363 Å². The van der Waals surface area contributed by atoms with E-state index < -0.39 is 16.1 Å². The zero-order valence-electron chi connectivity index (χ0n) is 34.1. The van der Waals surface area contributed by atoms with Gasteiger partial charge in [0.2, 0.25) is 5.91 Å². The highest BCUT2D eigenvalue weighted by Gasteiger charge is 2.40. The zero-order chi connectivity index (χ0) is 42.5. The average molecular weight is 882 g/mol. The fourth-order valence-electron chi connectivity index (χ4n) is 7.39. The van der Waals surface area contributed by atoms with Gasteiger partial charge in [-0.2, -0.15) is 0 Å². The van der Waals surface area contributed by atoms with E-state index in [1.807, 2.05) is 48.0 Å². The largest absolute Gasteiger partial charge is 0.494 e. The summed E-state index contributed by atoms with van der Waals surface area (Å²) < 4.78 is 50.2. The second kappa shape index (κ2) is 21.8. The molecule has 1 heterocycles. The van der Waals surface area contributed by atoms with Crippen LogP contribution in [0, 0.1) is 12.8 Å². The minimum absolute atomic E-state index is 0.00852. The lowest BCUT2D eigenvalue weighted by Crippen LogP contribution is -2.47. The van der Waals surface area contributed by atoms with Crippen molar-refractivity contribution in [1.82, 2.24) is 20.3 Å². The summed E-state index contributed by atoms with van der Waals surface area (Å²) in [5.41, 5.74) is 4.13. The second-order valence-corrected chi connectivity index (χ2v) is 17.7. The van der Waals surface area contributed by atoms with Crippen molar-refractivity contribution in [3.05, 3.63) is 117 Å². The van der Waals surface area contributed by atoms with Crippen molar-refractivity contribution < 1.29 is 37.0 Å². The third kappa shape index (κ3) is 13.0. The van der Waals surface area contributed by atoms with Crippen molar-refractivity contribution >= 4 is 45.2 Å². The maximum Gasteiger partial charge on any atom is 0.328 e. The van der Waals surface area contributed by atoms with Gasteiger partial charge in [-0.3, -0.25) is 4.79 Å². The number of amides is 3. The predicted molar refractivity (Wildman–Crippen MR) is 233 cm³/mol. The van der Waals surface area contributed by atoms with Crippen molar-refractivity contribution in [1.29, 1.82) is 0 Å². The predicted octanol–water partition coefficient (Wildman–Crippen LogP) is 7.68. The number of ether oxygens (including phenoxy) is 4. The Hall–Kier alpha value is -4.53. The topological polar surface area (TPSA) is 145 Å². The molecule has 2 aliphatic rings. The Kier molecular flexibility index (Phi) is 16.4. The molecule has 4 aromatic carbocycles. The molecule has 1 aliphatic carbocycles. The highest BCUT2D eigenvalue weighted by atomic mass is 35.5. The van der Waals surface area contributed by atoms with Crippen molar-refractivity contribution in [3.63, 3.8) is 0 Å². The molecule has 0 unspecified atom stereocenters. The lowest BCUT2D eigenvalue weighted by atomic mass is 9.80. The third-order valence-corrected chi connectivity index (χ3v) is 12.4. The Morgan fingerprint density at radius 3 is 2.23 bits per heavy atom. The van der Waals surface area contributed by atoms with Gasteiger partial charge in [0.25, 0.3) is 10.0 Å². The number of nitrogens with zero attached hydrogens (tertiary/aromatic N) is 1. The van der Waals surface area contributed by atoms with Crippen molar-refractivity contribution in [2.24, 2.45) is 5.92 Å². The molecule has 322 valence electrons. The first-order valence-electron chi connectivity index (χ1n) is 20.4. The number of rotatable bonds is 21. The number of nitrogens with one attached hydrogen (secondary N) is 3. The van der Waals surface area contributed by atoms with E-state index in [0.29, 0.717) is 66.6 Å². The molecule has 15 heteroatoms. The van der Waals surface area contributed by atoms with Crippen LogP contribution in [0.5, 0.6) is 17.2 Å². The number of halogens is 2. The first kappa shape index (κ1) is 45.0. The molecule has 4 aromatic rings. The number of carbonyl (C=O) groups is 2. The molecule has 1 aliphatic heterocycles.